The number of rotatable bonds is 3. The molecule has 0 N–H and O–H groups in total. The number of non-ortho nitro benzene ring substituents is 1. The number of halogens is 1. The quantitative estimate of drug-likeness (QED) is 0.493. The van der Waals surface area contributed by atoms with Crippen LogP contribution in [0.2, 0.25) is 5.15 Å². The van der Waals surface area contributed by atoms with Gasteiger partial charge in [-0.05, 0) is 12.1 Å². The summed E-state index contributed by atoms with van der Waals surface area (Å²) in [7, 11) is -3.52. The van der Waals surface area contributed by atoms with Gasteiger partial charge < -0.3 is 0 Å². The first-order valence-corrected chi connectivity index (χ1v) is 7.35. The van der Waals surface area contributed by atoms with E-state index in [0.717, 1.165) is 0 Å². The normalized spacial score (nSPS) is 11.7. The molecule has 1 heterocycles. The van der Waals surface area contributed by atoms with Gasteiger partial charge in [-0.25, -0.2) is 13.4 Å². The molecule has 19 heavy (non-hydrogen) atoms. The second-order valence-corrected chi connectivity index (χ2v) is 6.42. The third-order valence-electron chi connectivity index (χ3n) is 2.65. The molecule has 100 valence electrons. The van der Waals surface area contributed by atoms with Crippen molar-refractivity contribution in [3.05, 3.63) is 39.5 Å². The minimum Gasteiger partial charge on any atom is -0.258 e. The fraction of sp³-hybridized carbons (Fsp3) is 0.182. The molecule has 1 aromatic carbocycles. The molecule has 0 aliphatic rings. The maximum absolute atomic E-state index is 11.8. The van der Waals surface area contributed by atoms with Crippen molar-refractivity contribution in [3.8, 4) is 0 Å². The molecular weight excluding hydrogens is 292 g/mol. The first-order valence-electron chi connectivity index (χ1n) is 5.32. The summed E-state index contributed by atoms with van der Waals surface area (Å²) in [5.74, 6) is -0.116. The van der Waals surface area contributed by atoms with Crippen molar-refractivity contribution >= 4 is 38.0 Å². The summed E-state index contributed by atoms with van der Waals surface area (Å²) in [6, 6.07) is 5.31. The van der Waals surface area contributed by atoms with Crippen molar-refractivity contribution in [3.63, 3.8) is 0 Å². The topological polar surface area (TPSA) is 90.2 Å². The van der Waals surface area contributed by atoms with Gasteiger partial charge in [-0.1, -0.05) is 18.5 Å². The van der Waals surface area contributed by atoms with Crippen molar-refractivity contribution in [2.75, 3.05) is 5.75 Å². The third-order valence-corrected chi connectivity index (χ3v) is 4.79. The fourth-order valence-corrected chi connectivity index (χ4v) is 3.03. The van der Waals surface area contributed by atoms with E-state index in [2.05, 4.69) is 4.98 Å². The zero-order valence-corrected chi connectivity index (χ0v) is 11.4. The lowest BCUT2D eigenvalue weighted by atomic mass is 10.2. The monoisotopic (exact) mass is 300 g/mol. The molecule has 8 heteroatoms. The Morgan fingerprint density at radius 3 is 2.63 bits per heavy atom. The van der Waals surface area contributed by atoms with Crippen molar-refractivity contribution in [1.29, 1.82) is 0 Å². The van der Waals surface area contributed by atoms with Gasteiger partial charge in [0, 0.05) is 17.5 Å². The molecule has 0 spiro atoms. The molecule has 0 aliphatic heterocycles. The number of pyridine rings is 1. The number of nitrogens with zero attached hydrogens (tertiary/aromatic N) is 2. The van der Waals surface area contributed by atoms with E-state index in [9.17, 15) is 18.5 Å². The molecule has 0 unspecified atom stereocenters. The molecule has 0 bridgehead atoms. The molecule has 1 aromatic heterocycles. The molecule has 6 nitrogen and oxygen atoms in total. The van der Waals surface area contributed by atoms with Crippen LogP contribution in [0.3, 0.4) is 0 Å². The van der Waals surface area contributed by atoms with Crippen LogP contribution in [-0.2, 0) is 9.84 Å². The highest BCUT2D eigenvalue weighted by molar-refractivity contribution is 7.91. The maximum Gasteiger partial charge on any atom is 0.270 e. The highest BCUT2D eigenvalue weighted by Crippen LogP contribution is 2.27. The van der Waals surface area contributed by atoms with Gasteiger partial charge >= 0.3 is 0 Å². The Bertz CT molecular complexity index is 774. The van der Waals surface area contributed by atoms with Gasteiger partial charge in [0.05, 0.1) is 16.2 Å². The second kappa shape index (κ2) is 4.75. The van der Waals surface area contributed by atoms with Gasteiger partial charge in [0.25, 0.3) is 5.69 Å². The van der Waals surface area contributed by atoms with Crippen LogP contribution in [0.5, 0.6) is 0 Å². The van der Waals surface area contributed by atoms with E-state index in [-0.39, 0.29) is 21.5 Å². The summed E-state index contributed by atoms with van der Waals surface area (Å²) in [4.78, 5) is 14.0. The van der Waals surface area contributed by atoms with E-state index >= 15 is 0 Å². The molecule has 0 fully saturated rings. The zero-order valence-electron chi connectivity index (χ0n) is 9.83. The van der Waals surface area contributed by atoms with E-state index < -0.39 is 14.8 Å². The van der Waals surface area contributed by atoms with Crippen LogP contribution < -0.4 is 0 Å². The van der Waals surface area contributed by atoms with E-state index in [0.29, 0.717) is 10.9 Å². The molecule has 0 saturated heterocycles. The summed E-state index contributed by atoms with van der Waals surface area (Å²) in [5.41, 5.74) is 0.280. The summed E-state index contributed by atoms with van der Waals surface area (Å²) in [6.07, 6.45) is 0. The summed E-state index contributed by atoms with van der Waals surface area (Å²) >= 11 is 5.84. The maximum atomic E-state index is 11.8. The third kappa shape index (κ3) is 2.52. The molecule has 0 amide bonds. The molecule has 0 radical (unpaired) electrons. The molecule has 2 aromatic rings. The number of nitro groups is 1. The van der Waals surface area contributed by atoms with Crippen LogP contribution in [0.1, 0.15) is 6.92 Å². The summed E-state index contributed by atoms with van der Waals surface area (Å²) in [5, 5.41) is 10.9. The van der Waals surface area contributed by atoms with Gasteiger partial charge in [-0.2, -0.15) is 0 Å². The number of nitro benzene ring substituents is 1. The Hall–Kier alpha value is -1.73. The Labute approximate surface area is 114 Å². The predicted molar refractivity (Wildman–Crippen MR) is 71.1 cm³/mol. The summed E-state index contributed by atoms with van der Waals surface area (Å²) in [6.45, 7) is 1.49. The van der Waals surface area contributed by atoms with E-state index in [1.807, 2.05) is 0 Å². The molecule has 0 aliphatic carbocycles. The van der Waals surface area contributed by atoms with Crippen LogP contribution >= 0.6 is 11.6 Å². The average Bonchev–Trinajstić information content (AvgIpc) is 2.37. The number of fused-ring (bicyclic) bond motifs is 1. The zero-order chi connectivity index (χ0) is 14.2. The van der Waals surface area contributed by atoms with Crippen LogP contribution in [0, 0.1) is 10.1 Å². The van der Waals surface area contributed by atoms with Crippen LogP contribution in [0.15, 0.2) is 29.2 Å². The van der Waals surface area contributed by atoms with Gasteiger partial charge in [-0.15, -0.1) is 0 Å². The van der Waals surface area contributed by atoms with Gasteiger partial charge in [0.2, 0.25) is 0 Å². The first kappa shape index (κ1) is 13.7. The minimum absolute atomic E-state index is 0.107. The number of hydrogen-bond donors (Lipinski definition) is 0. The first-order chi connectivity index (χ1) is 8.85. The van der Waals surface area contributed by atoms with Crippen molar-refractivity contribution in [1.82, 2.24) is 4.98 Å². The predicted octanol–water partition coefficient (Wildman–Crippen LogP) is 2.59. The van der Waals surface area contributed by atoms with E-state index in [4.69, 9.17) is 11.6 Å². The number of aromatic nitrogens is 1. The number of sulfone groups is 1. The average molecular weight is 301 g/mol. The standard InChI is InChI=1S/C11H9ClN2O4S/c1-2-19(17,18)10-6-7-5-8(14(15)16)3-4-9(7)13-11(10)12/h3-6H,2H2,1H3. The molecule has 2 rings (SSSR count). The van der Waals surface area contributed by atoms with Gasteiger partial charge in [0.15, 0.2) is 9.84 Å². The highest BCUT2D eigenvalue weighted by Gasteiger charge is 2.19. The second-order valence-electron chi connectivity index (χ2n) is 3.81. The lowest BCUT2D eigenvalue weighted by Crippen LogP contribution is -2.05. The number of benzene rings is 1. The van der Waals surface area contributed by atoms with Crippen LogP contribution in [0.25, 0.3) is 10.9 Å². The van der Waals surface area contributed by atoms with Crippen molar-refractivity contribution in [2.45, 2.75) is 11.8 Å². The Morgan fingerprint density at radius 2 is 2.05 bits per heavy atom. The van der Waals surface area contributed by atoms with Gasteiger partial charge in [0.1, 0.15) is 10.0 Å². The highest BCUT2D eigenvalue weighted by atomic mass is 35.5. The van der Waals surface area contributed by atoms with Crippen molar-refractivity contribution < 1.29 is 13.3 Å². The van der Waals surface area contributed by atoms with E-state index in [1.54, 1.807) is 0 Å². The van der Waals surface area contributed by atoms with Crippen LogP contribution in [0.4, 0.5) is 5.69 Å². The lowest BCUT2D eigenvalue weighted by molar-refractivity contribution is -0.384. The summed E-state index contributed by atoms with van der Waals surface area (Å²) < 4.78 is 23.7. The van der Waals surface area contributed by atoms with E-state index in [1.165, 1.54) is 31.2 Å². The van der Waals surface area contributed by atoms with Crippen LogP contribution in [-0.4, -0.2) is 24.1 Å². The smallest absolute Gasteiger partial charge is 0.258 e. The molecule has 0 saturated carbocycles. The fourth-order valence-electron chi connectivity index (χ4n) is 1.61. The molecular formula is C11H9ClN2O4S. The molecule has 0 atom stereocenters. The van der Waals surface area contributed by atoms with Gasteiger partial charge in [-0.3, -0.25) is 10.1 Å². The largest absolute Gasteiger partial charge is 0.270 e. The Balaban J connectivity index is 2.76. The minimum atomic E-state index is -3.52. The Kier molecular flexibility index (Phi) is 3.42. The lowest BCUT2D eigenvalue weighted by Gasteiger charge is -2.05. The Morgan fingerprint density at radius 1 is 1.37 bits per heavy atom. The van der Waals surface area contributed by atoms with Crippen molar-refractivity contribution in [2.24, 2.45) is 0 Å². The SMILES string of the molecule is CCS(=O)(=O)c1cc2cc([N+](=O)[O-])ccc2nc1Cl. The number of hydrogen-bond acceptors (Lipinski definition) is 5.